The molecule has 0 spiro atoms. The molecule has 0 aliphatic heterocycles. The summed E-state index contributed by atoms with van der Waals surface area (Å²) in [6.45, 7) is 3.16. The predicted octanol–water partition coefficient (Wildman–Crippen LogP) is 2.48. The lowest BCUT2D eigenvalue weighted by Crippen LogP contribution is -2.37. The van der Waals surface area contributed by atoms with Crippen LogP contribution < -0.4 is 10.9 Å². The predicted molar refractivity (Wildman–Crippen MR) is 100 cm³/mol. The summed E-state index contributed by atoms with van der Waals surface area (Å²) in [7, 11) is 0. The van der Waals surface area contributed by atoms with Crippen molar-refractivity contribution in [2.45, 2.75) is 26.0 Å². The topological polar surface area (TPSA) is 101 Å². The molecule has 0 bridgehead atoms. The Balaban J connectivity index is 1.70. The summed E-state index contributed by atoms with van der Waals surface area (Å²) in [5.74, 6) is -1.71. The summed E-state index contributed by atoms with van der Waals surface area (Å²) < 4.78 is 18.2. The van der Waals surface area contributed by atoms with Gasteiger partial charge in [-0.3, -0.25) is 9.59 Å². The molecule has 3 rings (SSSR count). The zero-order valence-corrected chi connectivity index (χ0v) is 15.2. The van der Waals surface area contributed by atoms with Crippen LogP contribution in [0.25, 0.3) is 10.8 Å². The maximum absolute atomic E-state index is 13.0. The van der Waals surface area contributed by atoms with Gasteiger partial charge >= 0.3 is 5.97 Å². The van der Waals surface area contributed by atoms with E-state index in [0.717, 1.165) is 0 Å². The molecule has 2 aromatic carbocycles. The second-order valence-corrected chi connectivity index (χ2v) is 6.28. The normalized spacial score (nSPS) is 13.0. The maximum atomic E-state index is 13.0. The fraction of sp³-hybridized carbons (Fsp3) is 0.200. The van der Waals surface area contributed by atoms with Gasteiger partial charge in [-0.25, -0.2) is 14.3 Å². The van der Waals surface area contributed by atoms with E-state index in [2.05, 4.69) is 15.5 Å². The molecule has 0 aliphatic carbocycles. The number of esters is 1. The number of ether oxygens (including phenoxy) is 1. The lowest BCUT2D eigenvalue weighted by molar-refractivity contribution is -0.129. The third kappa shape index (κ3) is 4.06. The first-order valence-electron chi connectivity index (χ1n) is 8.61. The van der Waals surface area contributed by atoms with Crippen molar-refractivity contribution in [2.24, 2.45) is 0 Å². The van der Waals surface area contributed by atoms with Crippen molar-refractivity contribution >= 4 is 22.6 Å². The molecule has 0 aliphatic rings. The van der Waals surface area contributed by atoms with Crippen LogP contribution in [0.3, 0.4) is 0 Å². The third-order valence-corrected chi connectivity index (χ3v) is 4.27. The van der Waals surface area contributed by atoms with Crippen molar-refractivity contribution in [3.63, 3.8) is 0 Å². The van der Waals surface area contributed by atoms with Gasteiger partial charge in [-0.1, -0.05) is 30.3 Å². The van der Waals surface area contributed by atoms with E-state index >= 15 is 0 Å². The number of halogens is 1. The number of benzene rings is 2. The molecule has 0 fully saturated rings. The molecule has 1 aromatic heterocycles. The number of hydrogen-bond donors (Lipinski definition) is 2. The summed E-state index contributed by atoms with van der Waals surface area (Å²) >= 11 is 0. The standard InChI is InChI=1S/C20H18FN3O4/c1-11(13-7-9-14(21)10-8-13)22-18(25)12(2)28-20(27)17-15-5-3-4-6-16(15)19(26)24-23-17/h3-12H,1-2H3,(H,22,25)(H,24,26). The van der Waals surface area contributed by atoms with E-state index in [0.29, 0.717) is 16.3 Å². The van der Waals surface area contributed by atoms with Gasteiger partial charge in [0.25, 0.3) is 11.5 Å². The Morgan fingerprint density at radius 1 is 1.07 bits per heavy atom. The van der Waals surface area contributed by atoms with Gasteiger partial charge in [-0.2, -0.15) is 5.10 Å². The minimum atomic E-state index is -1.09. The number of amides is 1. The molecular formula is C20H18FN3O4. The monoisotopic (exact) mass is 383 g/mol. The van der Waals surface area contributed by atoms with Crippen LogP contribution >= 0.6 is 0 Å². The Kier molecular flexibility index (Phi) is 5.49. The van der Waals surface area contributed by atoms with Crippen LogP contribution in [-0.2, 0) is 9.53 Å². The number of carbonyl (C=O) groups excluding carboxylic acids is 2. The van der Waals surface area contributed by atoms with Crippen molar-refractivity contribution in [1.29, 1.82) is 0 Å². The highest BCUT2D eigenvalue weighted by molar-refractivity contribution is 6.02. The zero-order valence-electron chi connectivity index (χ0n) is 15.2. The summed E-state index contributed by atoms with van der Waals surface area (Å²) in [4.78, 5) is 36.6. The zero-order chi connectivity index (χ0) is 20.3. The molecule has 0 radical (unpaired) electrons. The molecule has 1 amide bonds. The Hall–Kier alpha value is -3.55. The fourth-order valence-corrected chi connectivity index (χ4v) is 2.71. The van der Waals surface area contributed by atoms with Gasteiger partial charge in [0, 0.05) is 5.39 Å². The number of rotatable bonds is 5. The summed E-state index contributed by atoms with van der Waals surface area (Å²) in [6.07, 6.45) is -1.09. The second kappa shape index (κ2) is 7.99. The lowest BCUT2D eigenvalue weighted by Gasteiger charge is -2.18. The molecule has 2 N–H and O–H groups in total. The molecule has 144 valence electrons. The number of aromatic amines is 1. The largest absolute Gasteiger partial charge is 0.448 e. The second-order valence-electron chi connectivity index (χ2n) is 6.28. The van der Waals surface area contributed by atoms with Crippen LogP contribution in [0.2, 0.25) is 0 Å². The summed E-state index contributed by atoms with van der Waals surface area (Å²) in [5, 5.41) is 9.34. The van der Waals surface area contributed by atoms with Crippen molar-refractivity contribution in [3.05, 3.63) is 76.0 Å². The minimum absolute atomic E-state index is 0.0820. The number of aromatic nitrogens is 2. The van der Waals surface area contributed by atoms with Crippen LogP contribution in [0.15, 0.2) is 53.3 Å². The first-order valence-corrected chi connectivity index (χ1v) is 8.61. The molecule has 2 unspecified atom stereocenters. The van der Waals surface area contributed by atoms with Crippen molar-refractivity contribution in [3.8, 4) is 0 Å². The highest BCUT2D eigenvalue weighted by atomic mass is 19.1. The molecule has 8 heteroatoms. The van der Waals surface area contributed by atoms with E-state index in [1.165, 1.54) is 19.1 Å². The van der Waals surface area contributed by atoms with Crippen LogP contribution in [0.1, 0.15) is 35.9 Å². The highest BCUT2D eigenvalue weighted by Gasteiger charge is 2.23. The first kappa shape index (κ1) is 19.2. The van der Waals surface area contributed by atoms with E-state index in [9.17, 15) is 18.8 Å². The van der Waals surface area contributed by atoms with Gasteiger partial charge in [0.1, 0.15) is 5.82 Å². The summed E-state index contributed by atoms with van der Waals surface area (Å²) in [5.41, 5.74) is 0.203. The van der Waals surface area contributed by atoms with Crippen molar-refractivity contribution in [2.75, 3.05) is 0 Å². The Bertz CT molecular complexity index is 1080. The molecule has 2 atom stereocenters. The van der Waals surface area contributed by atoms with Gasteiger partial charge in [0.2, 0.25) is 0 Å². The number of hydrogen-bond acceptors (Lipinski definition) is 5. The van der Waals surface area contributed by atoms with Gasteiger partial charge in [-0.15, -0.1) is 0 Å². The molecular weight excluding hydrogens is 365 g/mol. The van der Waals surface area contributed by atoms with E-state index in [4.69, 9.17) is 4.74 Å². The Morgan fingerprint density at radius 2 is 1.71 bits per heavy atom. The van der Waals surface area contributed by atoms with E-state index < -0.39 is 29.6 Å². The highest BCUT2D eigenvalue weighted by Crippen LogP contribution is 2.15. The van der Waals surface area contributed by atoms with E-state index in [1.807, 2.05) is 0 Å². The smallest absolute Gasteiger partial charge is 0.360 e. The number of fused-ring (bicyclic) bond motifs is 1. The SMILES string of the molecule is CC(OC(=O)c1n[nH]c(=O)c2ccccc12)C(=O)NC(C)c1ccc(F)cc1. The summed E-state index contributed by atoms with van der Waals surface area (Å²) in [6, 6.07) is 11.8. The number of H-pyrrole nitrogens is 1. The van der Waals surface area contributed by atoms with Crippen LogP contribution in [0, 0.1) is 5.82 Å². The van der Waals surface area contributed by atoms with Crippen molar-refractivity contribution in [1.82, 2.24) is 15.5 Å². The Labute approximate surface area is 159 Å². The average molecular weight is 383 g/mol. The van der Waals surface area contributed by atoms with Gasteiger partial charge in [-0.05, 0) is 37.6 Å². The molecule has 0 saturated heterocycles. The maximum Gasteiger partial charge on any atom is 0.360 e. The molecule has 7 nitrogen and oxygen atoms in total. The van der Waals surface area contributed by atoms with Crippen molar-refractivity contribution < 1.29 is 18.7 Å². The molecule has 1 heterocycles. The Morgan fingerprint density at radius 3 is 2.39 bits per heavy atom. The van der Waals surface area contributed by atoms with Crippen LogP contribution in [0.5, 0.6) is 0 Å². The molecule has 3 aromatic rings. The van der Waals surface area contributed by atoms with E-state index in [1.54, 1.807) is 43.3 Å². The van der Waals surface area contributed by atoms with Gasteiger partial charge in [0.15, 0.2) is 11.8 Å². The third-order valence-electron chi connectivity index (χ3n) is 4.27. The molecule has 0 saturated carbocycles. The van der Waals surface area contributed by atoms with Gasteiger partial charge < -0.3 is 10.1 Å². The lowest BCUT2D eigenvalue weighted by atomic mass is 10.1. The van der Waals surface area contributed by atoms with Crippen LogP contribution in [-0.4, -0.2) is 28.2 Å². The van der Waals surface area contributed by atoms with E-state index in [-0.39, 0.29) is 11.5 Å². The quantitative estimate of drug-likeness (QED) is 0.659. The van der Waals surface area contributed by atoms with Gasteiger partial charge in [0.05, 0.1) is 11.4 Å². The number of nitrogens with one attached hydrogen (secondary N) is 2. The number of nitrogens with zero attached hydrogens (tertiary/aromatic N) is 1. The number of carbonyl (C=O) groups is 2. The minimum Gasteiger partial charge on any atom is -0.448 e. The first-order chi connectivity index (χ1) is 13.4. The molecule has 28 heavy (non-hydrogen) atoms. The van der Waals surface area contributed by atoms with Crippen LogP contribution in [0.4, 0.5) is 4.39 Å². The average Bonchev–Trinajstić information content (AvgIpc) is 2.68. The fourth-order valence-electron chi connectivity index (χ4n) is 2.71.